The molecule has 1 aromatic heterocycles. The van der Waals surface area contributed by atoms with Crippen molar-refractivity contribution >= 4 is 21.8 Å². The molecule has 0 fully saturated rings. The SMILES string of the molecule is Cc1ccc(F)c(S(=O)(=O)Nc2cc(C(=O)O)ccn2)c1. The summed E-state index contributed by atoms with van der Waals surface area (Å²) in [6.45, 7) is 1.63. The zero-order valence-corrected chi connectivity index (χ0v) is 11.7. The molecule has 21 heavy (non-hydrogen) atoms. The zero-order chi connectivity index (χ0) is 15.6. The first kappa shape index (κ1) is 14.9. The van der Waals surface area contributed by atoms with Crippen LogP contribution in [0.3, 0.4) is 0 Å². The molecule has 0 spiro atoms. The van der Waals surface area contributed by atoms with Gasteiger partial charge in [0.15, 0.2) is 0 Å². The van der Waals surface area contributed by atoms with Gasteiger partial charge in [0.1, 0.15) is 16.5 Å². The molecule has 0 aliphatic rings. The number of anilines is 1. The van der Waals surface area contributed by atoms with Crippen LogP contribution >= 0.6 is 0 Å². The highest BCUT2D eigenvalue weighted by molar-refractivity contribution is 7.92. The van der Waals surface area contributed by atoms with Crippen molar-refractivity contribution in [1.29, 1.82) is 0 Å². The molecular weight excluding hydrogens is 299 g/mol. The molecule has 110 valence electrons. The number of sulfonamides is 1. The molecule has 0 atom stereocenters. The van der Waals surface area contributed by atoms with Crippen LogP contribution in [0.25, 0.3) is 0 Å². The van der Waals surface area contributed by atoms with Crippen LogP contribution in [0.2, 0.25) is 0 Å². The molecule has 1 heterocycles. The van der Waals surface area contributed by atoms with Gasteiger partial charge < -0.3 is 5.11 Å². The summed E-state index contributed by atoms with van der Waals surface area (Å²) in [4.78, 5) is 14.0. The first-order valence-corrected chi connectivity index (χ1v) is 7.26. The van der Waals surface area contributed by atoms with Gasteiger partial charge in [-0.2, -0.15) is 0 Å². The summed E-state index contributed by atoms with van der Waals surface area (Å²) in [5.74, 6) is -2.32. The number of rotatable bonds is 4. The van der Waals surface area contributed by atoms with Crippen molar-refractivity contribution in [2.24, 2.45) is 0 Å². The van der Waals surface area contributed by atoms with Gasteiger partial charge in [0.25, 0.3) is 10.0 Å². The zero-order valence-electron chi connectivity index (χ0n) is 10.9. The summed E-state index contributed by atoms with van der Waals surface area (Å²) in [7, 11) is -4.19. The molecule has 0 aliphatic carbocycles. The Morgan fingerprint density at radius 3 is 2.67 bits per heavy atom. The van der Waals surface area contributed by atoms with E-state index in [-0.39, 0.29) is 11.4 Å². The van der Waals surface area contributed by atoms with E-state index in [0.29, 0.717) is 5.56 Å². The first-order chi connectivity index (χ1) is 9.79. The number of halogens is 1. The van der Waals surface area contributed by atoms with Crippen LogP contribution in [-0.4, -0.2) is 24.5 Å². The van der Waals surface area contributed by atoms with Crippen LogP contribution in [-0.2, 0) is 10.0 Å². The van der Waals surface area contributed by atoms with Gasteiger partial charge in [0.2, 0.25) is 0 Å². The van der Waals surface area contributed by atoms with Crippen LogP contribution in [0.4, 0.5) is 10.2 Å². The summed E-state index contributed by atoms with van der Waals surface area (Å²) in [6, 6.07) is 5.93. The average molecular weight is 310 g/mol. The number of aryl methyl sites for hydroxylation is 1. The lowest BCUT2D eigenvalue weighted by Crippen LogP contribution is -2.16. The Morgan fingerprint density at radius 1 is 1.29 bits per heavy atom. The van der Waals surface area contributed by atoms with Crippen LogP contribution in [0, 0.1) is 12.7 Å². The summed E-state index contributed by atoms with van der Waals surface area (Å²) < 4.78 is 39.9. The number of pyridine rings is 1. The first-order valence-electron chi connectivity index (χ1n) is 5.78. The van der Waals surface area contributed by atoms with Crippen molar-refractivity contribution in [1.82, 2.24) is 4.98 Å². The van der Waals surface area contributed by atoms with Crippen LogP contribution < -0.4 is 4.72 Å². The third-order valence-electron chi connectivity index (χ3n) is 2.62. The number of nitrogens with one attached hydrogen (secondary N) is 1. The monoisotopic (exact) mass is 310 g/mol. The largest absolute Gasteiger partial charge is 0.478 e. The van der Waals surface area contributed by atoms with Gasteiger partial charge in [-0.1, -0.05) is 6.07 Å². The van der Waals surface area contributed by atoms with Crippen LogP contribution in [0.15, 0.2) is 41.4 Å². The normalized spacial score (nSPS) is 11.1. The minimum Gasteiger partial charge on any atom is -0.478 e. The summed E-state index contributed by atoms with van der Waals surface area (Å²) in [5.41, 5.74) is 0.441. The molecule has 0 saturated heterocycles. The highest BCUT2D eigenvalue weighted by atomic mass is 32.2. The fraction of sp³-hybridized carbons (Fsp3) is 0.0769. The second-order valence-corrected chi connectivity index (χ2v) is 5.93. The number of hydrogen-bond donors (Lipinski definition) is 2. The molecule has 2 N–H and O–H groups in total. The molecule has 0 radical (unpaired) electrons. The maximum atomic E-state index is 13.6. The third-order valence-corrected chi connectivity index (χ3v) is 3.99. The van der Waals surface area contributed by atoms with E-state index in [1.54, 1.807) is 6.92 Å². The molecular formula is C13H11FN2O4S. The van der Waals surface area contributed by atoms with Gasteiger partial charge in [0.05, 0.1) is 5.56 Å². The van der Waals surface area contributed by atoms with Crippen molar-refractivity contribution in [2.45, 2.75) is 11.8 Å². The maximum absolute atomic E-state index is 13.6. The Bertz CT molecular complexity index is 806. The number of aromatic nitrogens is 1. The molecule has 2 aromatic rings. The molecule has 0 saturated carbocycles. The Kier molecular flexibility index (Phi) is 3.90. The predicted molar refractivity (Wildman–Crippen MR) is 73.1 cm³/mol. The summed E-state index contributed by atoms with van der Waals surface area (Å²) in [5, 5.41) is 8.84. The molecule has 0 unspecified atom stereocenters. The van der Waals surface area contributed by atoms with Gasteiger partial charge in [0, 0.05) is 6.20 Å². The Morgan fingerprint density at radius 2 is 2.00 bits per heavy atom. The lowest BCUT2D eigenvalue weighted by Gasteiger charge is -2.09. The van der Waals surface area contributed by atoms with Gasteiger partial charge >= 0.3 is 5.97 Å². The molecule has 0 amide bonds. The second-order valence-electron chi connectivity index (χ2n) is 4.27. The van der Waals surface area contributed by atoms with Gasteiger partial charge in [-0.15, -0.1) is 0 Å². The minimum absolute atomic E-state index is 0.132. The van der Waals surface area contributed by atoms with Crippen molar-refractivity contribution in [3.63, 3.8) is 0 Å². The standard InChI is InChI=1S/C13H11FN2O4S/c1-8-2-3-10(14)11(6-8)21(19,20)16-12-7-9(13(17)18)4-5-15-12/h2-7H,1H3,(H,15,16)(H,17,18). The van der Waals surface area contributed by atoms with Crippen LogP contribution in [0.1, 0.15) is 15.9 Å². The maximum Gasteiger partial charge on any atom is 0.335 e. The lowest BCUT2D eigenvalue weighted by molar-refractivity contribution is 0.0696. The highest BCUT2D eigenvalue weighted by Crippen LogP contribution is 2.19. The number of nitrogens with zero attached hydrogens (tertiary/aromatic N) is 1. The second kappa shape index (κ2) is 5.49. The van der Waals surface area contributed by atoms with E-state index in [9.17, 15) is 17.6 Å². The van der Waals surface area contributed by atoms with Crippen LogP contribution in [0.5, 0.6) is 0 Å². The third kappa shape index (κ3) is 3.34. The van der Waals surface area contributed by atoms with E-state index < -0.39 is 26.7 Å². The van der Waals surface area contributed by atoms with E-state index >= 15 is 0 Å². The molecule has 1 aromatic carbocycles. The Hall–Kier alpha value is -2.48. The number of carboxylic acids is 1. The van der Waals surface area contributed by atoms with Gasteiger partial charge in [-0.3, -0.25) is 4.72 Å². The number of carboxylic acid groups (broad SMARTS) is 1. The average Bonchev–Trinajstić information content (AvgIpc) is 2.41. The molecule has 2 rings (SSSR count). The van der Waals surface area contributed by atoms with E-state index in [0.717, 1.165) is 18.3 Å². The summed E-state index contributed by atoms with van der Waals surface area (Å²) >= 11 is 0. The number of benzene rings is 1. The number of aromatic carboxylic acids is 1. The molecule has 8 heteroatoms. The predicted octanol–water partition coefficient (Wildman–Crippen LogP) is 2.03. The topological polar surface area (TPSA) is 96.4 Å². The van der Waals surface area contributed by atoms with Gasteiger partial charge in [-0.25, -0.2) is 22.6 Å². The number of carbonyl (C=O) groups is 1. The number of hydrogen-bond acceptors (Lipinski definition) is 4. The van der Waals surface area contributed by atoms with Crippen molar-refractivity contribution in [3.05, 3.63) is 53.5 Å². The van der Waals surface area contributed by atoms with Gasteiger partial charge in [-0.05, 0) is 36.8 Å². The van der Waals surface area contributed by atoms with E-state index in [2.05, 4.69) is 9.71 Å². The Balaban J connectivity index is 2.40. The fourth-order valence-electron chi connectivity index (χ4n) is 1.63. The summed E-state index contributed by atoms with van der Waals surface area (Å²) in [6.07, 6.45) is 1.15. The van der Waals surface area contributed by atoms with E-state index in [4.69, 9.17) is 5.11 Å². The minimum atomic E-state index is -4.19. The van der Waals surface area contributed by atoms with E-state index in [1.165, 1.54) is 18.2 Å². The fourth-order valence-corrected chi connectivity index (χ4v) is 2.79. The van der Waals surface area contributed by atoms with Crippen molar-refractivity contribution in [2.75, 3.05) is 4.72 Å². The molecule has 6 nitrogen and oxygen atoms in total. The quantitative estimate of drug-likeness (QED) is 0.900. The van der Waals surface area contributed by atoms with E-state index in [1.807, 2.05) is 0 Å². The highest BCUT2D eigenvalue weighted by Gasteiger charge is 2.20. The lowest BCUT2D eigenvalue weighted by atomic mass is 10.2. The van der Waals surface area contributed by atoms with Crippen molar-refractivity contribution < 1.29 is 22.7 Å². The smallest absolute Gasteiger partial charge is 0.335 e. The molecule has 0 aliphatic heterocycles. The van der Waals surface area contributed by atoms with Crippen molar-refractivity contribution in [3.8, 4) is 0 Å². The Labute approximate surface area is 120 Å². The molecule has 0 bridgehead atoms.